The van der Waals surface area contributed by atoms with Crippen LogP contribution in [0.2, 0.25) is 10.0 Å². The molecule has 0 aliphatic carbocycles. The fourth-order valence-electron chi connectivity index (χ4n) is 1.53. The molecule has 1 heterocycles. The summed E-state index contributed by atoms with van der Waals surface area (Å²) in [5.41, 5.74) is 1.34. The normalized spacial score (nSPS) is 11.1. The minimum absolute atomic E-state index is 0.175. The third kappa shape index (κ3) is 3.45. The number of hydrogen-bond donors (Lipinski definition) is 1. The van der Waals surface area contributed by atoms with Crippen LogP contribution < -0.4 is 5.56 Å². The Morgan fingerprint density at radius 3 is 2.39 bits per heavy atom. The lowest BCUT2D eigenvalue weighted by Gasteiger charge is -1.98. The number of aryl methyl sites for hydroxylation is 1. The molecule has 0 bridgehead atoms. The predicted octanol–water partition coefficient (Wildman–Crippen LogP) is 3.56. The number of H-pyrrole nitrogens is 1. The molecule has 0 aliphatic rings. The van der Waals surface area contributed by atoms with Gasteiger partial charge in [0.05, 0.1) is 0 Å². The average molecular weight is 281 g/mol. The fraction of sp³-hybridized carbons (Fsp3) is 0.0769. The van der Waals surface area contributed by atoms with Crippen LogP contribution in [0.1, 0.15) is 17.1 Å². The molecule has 0 radical (unpaired) electrons. The van der Waals surface area contributed by atoms with Crippen LogP contribution in [0.4, 0.5) is 0 Å². The van der Waals surface area contributed by atoms with Gasteiger partial charge in [-0.05, 0) is 36.8 Å². The van der Waals surface area contributed by atoms with Crippen molar-refractivity contribution in [2.24, 2.45) is 0 Å². The highest BCUT2D eigenvalue weighted by molar-refractivity contribution is 6.34. The van der Waals surface area contributed by atoms with Crippen molar-refractivity contribution >= 4 is 35.4 Å². The number of nitrogens with zero attached hydrogens (tertiary/aromatic N) is 1. The minimum Gasteiger partial charge on any atom is -0.307 e. The number of aromatic nitrogens is 2. The van der Waals surface area contributed by atoms with Gasteiger partial charge in [-0.3, -0.25) is 4.79 Å². The molecule has 0 saturated carbocycles. The zero-order chi connectivity index (χ0) is 13.1. The Balaban J connectivity index is 2.32. The van der Waals surface area contributed by atoms with E-state index in [0.29, 0.717) is 21.6 Å². The van der Waals surface area contributed by atoms with Crippen molar-refractivity contribution in [1.82, 2.24) is 9.97 Å². The Kier molecular flexibility index (Phi) is 3.84. The Morgan fingerprint density at radius 1 is 1.11 bits per heavy atom. The van der Waals surface area contributed by atoms with Crippen molar-refractivity contribution < 1.29 is 0 Å². The minimum atomic E-state index is -0.175. The van der Waals surface area contributed by atoms with E-state index in [2.05, 4.69) is 9.97 Å². The summed E-state index contributed by atoms with van der Waals surface area (Å²) in [6, 6.07) is 6.65. The second-order valence-electron chi connectivity index (χ2n) is 3.81. The van der Waals surface area contributed by atoms with E-state index >= 15 is 0 Å². The molecule has 2 aromatic rings. The molecule has 1 aromatic heterocycles. The van der Waals surface area contributed by atoms with E-state index in [1.165, 1.54) is 6.07 Å². The molecule has 0 aliphatic heterocycles. The van der Waals surface area contributed by atoms with Crippen LogP contribution in [-0.4, -0.2) is 9.97 Å². The van der Waals surface area contributed by atoms with E-state index in [4.69, 9.17) is 23.2 Å². The van der Waals surface area contributed by atoms with Gasteiger partial charge in [-0.25, -0.2) is 4.98 Å². The van der Waals surface area contributed by atoms with Crippen molar-refractivity contribution in [2.45, 2.75) is 6.92 Å². The molecule has 0 atom stereocenters. The molecular weight excluding hydrogens is 271 g/mol. The summed E-state index contributed by atoms with van der Waals surface area (Å²) < 4.78 is 0. The first-order chi connectivity index (χ1) is 8.52. The smallest absolute Gasteiger partial charge is 0.251 e. The molecule has 0 saturated heterocycles. The second-order valence-corrected chi connectivity index (χ2v) is 4.68. The molecular formula is C13H10Cl2N2O. The van der Waals surface area contributed by atoms with Gasteiger partial charge in [0.1, 0.15) is 5.82 Å². The van der Waals surface area contributed by atoms with Crippen LogP contribution in [0.5, 0.6) is 0 Å². The third-order valence-electron chi connectivity index (χ3n) is 2.21. The SMILES string of the molecule is Cc1cc(=O)[nH]c(C=Cc2cc(Cl)cc(Cl)c2)n1. The monoisotopic (exact) mass is 280 g/mol. The highest BCUT2D eigenvalue weighted by Crippen LogP contribution is 2.20. The van der Waals surface area contributed by atoms with Gasteiger partial charge in [0.2, 0.25) is 0 Å². The van der Waals surface area contributed by atoms with Gasteiger partial charge in [0.25, 0.3) is 5.56 Å². The van der Waals surface area contributed by atoms with Gasteiger partial charge in [-0.15, -0.1) is 0 Å². The van der Waals surface area contributed by atoms with E-state index in [9.17, 15) is 4.79 Å². The molecule has 92 valence electrons. The number of nitrogens with one attached hydrogen (secondary N) is 1. The van der Waals surface area contributed by atoms with Crippen molar-refractivity contribution in [3.8, 4) is 0 Å². The zero-order valence-electron chi connectivity index (χ0n) is 9.58. The van der Waals surface area contributed by atoms with Gasteiger partial charge in [-0.2, -0.15) is 0 Å². The Hall–Kier alpha value is -1.58. The topological polar surface area (TPSA) is 45.8 Å². The van der Waals surface area contributed by atoms with Crippen molar-refractivity contribution in [3.63, 3.8) is 0 Å². The molecule has 1 N–H and O–H groups in total. The van der Waals surface area contributed by atoms with Crippen LogP contribution in [0, 0.1) is 6.92 Å². The maximum absolute atomic E-state index is 11.3. The van der Waals surface area contributed by atoms with E-state index in [1.54, 1.807) is 37.3 Å². The predicted molar refractivity (Wildman–Crippen MR) is 75.0 cm³/mol. The van der Waals surface area contributed by atoms with Gasteiger partial charge in [0, 0.05) is 21.8 Å². The molecule has 5 heteroatoms. The lowest BCUT2D eigenvalue weighted by atomic mass is 10.2. The van der Waals surface area contributed by atoms with Gasteiger partial charge in [0.15, 0.2) is 0 Å². The molecule has 1 aromatic carbocycles. The summed E-state index contributed by atoms with van der Waals surface area (Å²) in [5.74, 6) is 0.496. The van der Waals surface area contributed by atoms with Crippen molar-refractivity contribution in [3.05, 3.63) is 61.7 Å². The van der Waals surface area contributed by atoms with Crippen LogP contribution in [0.3, 0.4) is 0 Å². The molecule has 3 nitrogen and oxygen atoms in total. The summed E-state index contributed by atoms with van der Waals surface area (Å²) in [4.78, 5) is 18.1. The van der Waals surface area contributed by atoms with E-state index in [1.807, 2.05) is 0 Å². The summed E-state index contributed by atoms with van der Waals surface area (Å²) in [5, 5.41) is 1.13. The molecule has 0 spiro atoms. The number of benzene rings is 1. The zero-order valence-corrected chi connectivity index (χ0v) is 11.1. The highest BCUT2D eigenvalue weighted by atomic mass is 35.5. The van der Waals surface area contributed by atoms with E-state index in [0.717, 1.165) is 5.56 Å². The number of rotatable bonds is 2. The Morgan fingerprint density at radius 2 is 1.78 bits per heavy atom. The first-order valence-corrected chi connectivity index (χ1v) is 6.01. The van der Waals surface area contributed by atoms with E-state index in [-0.39, 0.29) is 5.56 Å². The lowest BCUT2D eigenvalue weighted by Crippen LogP contribution is -2.08. The third-order valence-corrected chi connectivity index (χ3v) is 2.64. The van der Waals surface area contributed by atoms with Gasteiger partial charge < -0.3 is 4.98 Å². The maximum Gasteiger partial charge on any atom is 0.251 e. The second kappa shape index (κ2) is 5.38. The van der Waals surface area contributed by atoms with Crippen molar-refractivity contribution in [1.29, 1.82) is 0 Å². The standard InChI is InChI=1S/C13H10Cl2N2O/c1-8-4-13(18)17-12(16-8)3-2-9-5-10(14)7-11(15)6-9/h2-7H,1H3,(H,16,17,18). The number of aromatic amines is 1. The van der Waals surface area contributed by atoms with Crippen LogP contribution in [0.15, 0.2) is 29.1 Å². The molecule has 0 fully saturated rings. The Labute approximate surface area is 114 Å². The summed E-state index contributed by atoms with van der Waals surface area (Å²) in [6.07, 6.45) is 3.49. The average Bonchev–Trinajstić information content (AvgIpc) is 2.23. The molecule has 0 amide bonds. The molecule has 0 unspecified atom stereocenters. The largest absolute Gasteiger partial charge is 0.307 e. The number of halogens is 2. The first-order valence-electron chi connectivity index (χ1n) is 5.25. The van der Waals surface area contributed by atoms with Crippen LogP contribution in [0.25, 0.3) is 12.2 Å². The van der Waals surface area contributed by atoms with Crippen LogP contribution >= 0.6 is 23.2 Å². The molecule has 18 heavy (non-hydrogen) atoms. The molecule has 2 rings (SSSR count). The van der Waals surface area contributed by atoms with Crippen molar-refractivity contribution in [2.75, 3.05) is 0 Å². The van der Waals surface area contributed by atoms with Crippen LogP contribution in [-0.2, 0) is 0 Å². The summed E-state index contributed by atoms with van der Waals surface area (Å²) in [6.45, 7) is 1.77. The summed E-state index contributed by atoms with van der Waals surface area (Å²) >= 11 is 11.8. The van der Waals surface area contributed by atoms with E-state index < -0.39 is 0 Å². The summed E-state index contributed by atoms with van der Waals surface area (Å²) in [7, 11) is 0. The quantitative estimate of drug-likeness (QED) is 0.914. The fourth-order valence-corrected chi connectivity index (χ4v) is 2.07. The lowest BCUT2D eigenvalue weighted by molar-refractivity contribution is 1.04. The Bertz CT molecular complexity index is 642. The van der Waals surface area contributed by atoms with Gasteiger partial charge >= 0.3 is 0 Å². The first kappa shape index (κ1) is 12.9. The number of hydrogen-bond acceptors (Lipinski definition) is 2. The maximum atomic E-state index is 11.3. The van der Waals surface area contributed by atoms with Gasteiger partial charge in [-0.1, -0.05) is 29.3 Å². The highest BCUT2D eigenvalue weighted by Gasteiger charge is 1.96.